The van der Waals surface area contributed by atoms with Crippen molar-refractivity contribution >= 4 is 24.2 Å². The van der Waals surface area contributed by atoms with Crippen LogP contribution in [0.5, 0.6) is 0 Å². The first kappa shape index (κ1) is 23.6. The van der Waals surface area contributed by atoms with Crippen molar-refractivity contribution in [3.05, 3.63) is 35.4 Å². The average molecular weight is 424 g/mol. The molecule has 0 bridgehead atoms. The van der Waals surface area contributed by atoms with Crippen LogP contribution < -0.4 is 11.1 Å². The third-order valence-electron chi connectivity index (χ3n) is 5.95. The van der Waals surface area contributed by atoms with Gasteiger partial charge >= 0.3 is 0 Å². The maximum absolute atomic E-state index is 12.7. The fourth-order valence-corrected chi connectivity index (χ4v) is 4.39. The summed E-state index contributed by atoms with van der Waals surface area (Å²) in [7, 11) is 0. The molecule has 162 valence electrons. The Hall–Kier alpha value is -1.63. The minimum atomic E-state index is -0.426. The highest BCUT2D eigenvalue weighted by Gasteiger charge is 2.37. The number of amides is 2. The van der Waals surface area contributed by atoms with Gasteiger partial charge in [-0.2, -0.15) is 0 Å². The lowest BCUT2D eigenvalue weighted by molar-refractivity contribution is -0.128. The molecular weight excluding hydrogens is 390 g/mol. The summed E-state index contributed by atoms with van der Waals surface area (Å²) in [5.74, 6) is -0.0766. The Bertz CT molecular complexity index is 698. The molecule has 2 fully saturated rings. The van der Waals surface area contributed by atoms with Gasteiger partial charge in [0.2, 0.25) is 5.91 Å². The summed E-state index contributed by atoms with van der Waals surface area (Å²) in [5.41, 5.74) is 7.54. The first-order chi connectivity index (χ1) is 13.3. The zero-order valence-corrected chi connectivity index (χ0v) is 18.5. The van der Waals surface area contributed by atoms with Crippen molar-refractivity contribution in [2.45, 2.75) is 70.7 Å². The standard InChI is InChI=1S/C22H33N3O3.ClH/c1-15-13-25(14-16(2)28-15)21(27)18-9-7-17(8-10-18)12-24-20(26)19-6-4-5-11-22(19,3)23;/h7-10,15-16,19H,4-6,11-14,23H2,1-3H3,(H,24,26);1H. The summed E-state index contributed by atoms with van der Waals surface area (Å²) in [5, 5.41) is 3.02. The third-order valence-corrected chi connectivity index (χ3v) is 5.95. The van der Waals surface area contributed by atoms with Gasteiger partial charge < -0.3 is 20.7 Å². The van der Waals surface area contributed by atoms with Gasteiger partial charge in [0, 0.05) is 30.7 Å². The highest BCUT2D eigenvalue weighted by Crippen LogP contribution is 2.31. The highest BCUT2D eigenvalue weighted by molar-refractivity contribution is 5.94. The van der Waals surface area contributed by atoms with Gasteiger partial charge in [0.1, 0.15) is 0 Å². The molecule has 1 aliphatic carbocycles. The van der Waals surface area contributed by atoms with E-state index >= 15 is 0 Å². The number of halogens is 1. The smallest absolute Gasteiger partial charge is 0.254 e. The number of hydrogen-bond donors (Lipinski definition) is 2. The molecule has 1 heterocycles. The average Bonchev–Trinajstić information content (AvgIpc) is 2.65. The Morgan fingerprint density at radius 3 is 2.38 bits per heavy atom. The third kappa shape index (κ3) is 5.93. The molecule has 6 nitrogen and oxygen atoms in total. The fraction of sp³-hybridized carbons (Fsp3) is 0.636. The molecule has 0 radical (unpaired) electrons. The van der Waals surface area contributed by atoms with E-state index in [1.165, 1.54) is 0 Å². The molecule has 0 aromatic heterocycles. The number of benzene rings is 1. The van der Waals surface area contributed by atoms with Crippen molar-refractivity contribution in [1.29, 1.82) is 0 Å². The van der Waals surface area contributed by atoms with Crippen LogP contribution in [0, 0.1) is 5.92 Å². The predicted octanol–water partition coefficient (Wildman–Crippen LogP) is 2.88. The molecule has 1 saturated heterocycles. The maximum Gasteiger partial charge on any atom is 0.254 e. The summed E-state index contributed by atoms with van der Waals surface area (Å²) in [6.45, 7) is 7.62. The number of nitrogens with zero attached hydrogens (tertiary/aromatic N) is 1. The van der Waals surface area contributed by atoms with Gasteiger partial charge in [-0.05, 0) is 51.3 Å². The minimum absolute atomic E-state index is 0. The molecule has 7 heteroatoms. The second-order valence-electron chi connectivity index (χ2n) is 8.69. The summed E-state index contributed by atoms with van der Waals surface area (Å²) in [6.07, 6.45) is 3.99. The second kappa shape index (κ2) is 9.92. The van der Waals surface area contributed by atoms with Gasteiger partial charge in [-0.1, -0.05) is 25.0 Å². The molecule has 1 aromatic rings. The number of hydrogen-bond acceptors (Lipinski definition) is 4. The van der Waals surface area contributed by atoms with Crippen LogP contribution in [-0.4, -0.2) is 47.6 Å². The van der Waals surface area contributed by atoms with E-state index in [-0.39, 0.29) is 42.3 Å². The maximum atomic E-state index is 12.7. The van der Waals surface area contributed by atoms with E-state index in [0.29, 0.717) is 25.2 Å². The molecule has 4 unspecified atom stereocenters. The van der Waals surface area contributed by atoms with E-state index < -0.39 is 5.54 Å². The van der Waals surface area contributed by atoms with Crippen LogP contribution in [0.4, 0.5) is 0 Å². The molecule has 1 aliphatic heterocycles. The molecule has 3 N–H and O–H groups in total. The number of ether oxygens (including phenoxy) is 1. The lowest BCUT2D eigenvalue weighted by atomic mass is 9.74. The van der Waals surface area contributed by atoms with Crippen LogP contribution in [0.1, 0.15) is 62.4 Å². The molecular formula is C22H34ClN3O3. The monoisotopic (exact) mass is 423 g/mol. The second-order valence-corrected chi connectivity index (χ2v) is 8.69. The lowest BCUT2D eigenvalue weighted by Crippen LogP contribution is -2.52. The van der Waals surface area contributed by atoms with Crippen LogP contribution in [-0.2, 0) is 16.1 Å². The molecule has 3 rings (SSSR count). The van der Waals surface area contributed by atoms with Gasteiger partial charge in [-0.3, -0.25) is 9.59 Å². The van der Waals surface area contributed by atoms with E-state index in [1.807, 2.05) is 49.9 Å². The number of rotatable bonds is 4. The van der Waals surface area contributed by atoms with Crippen molar-refractivity contribution in [1.82, 2.24) is 10.2 Å². The van der Waals surface area contributed by atoms with Gasteiger partial charge in [0.15, 0.2) is 0 Å². The Morgan fingerprint density at radius 2 is 1.79 bits per heavy atom. The summed E-state index contributed by atoms with van der Waals surface area (Å²) in [6, 6.07) is 7.48. The Labute approximate surface area is 179 Å². The summed E-state index contributed by atoms with van der Waals surface area (Å²) < 4.78 is 5.70. The van der Waals surface area contributed by atoms with Crippen LogP contribution in [0.3, 0.4) is 0 Å². The van der Waals surface area contributed by atoms with E-state index in [0.717, 1.165) is 31.2 Å². The van der Waals surface area contributed by atoms with Gasteiger partial charge in [-0.15, -0.1) is 12.4 Å². The zero-order valence-electron chi connectivity index (χ0n) is 17.6. The van der Waals surface area contributed by atoms with Gasteiger partial charge in [-0.25, -0.2) is 0 Å². The van der Waals surface area contributed by atoms with Crippen LogP contribution >= 0.6 is 12.4 Å². The van der Waals surface area contributed by atoms with Crippen molar-refractivity contribution in [3.8, 4) is 0 Å². The number of carbonyl (C=O) groups excluding carboxylic acids is 2. The molecule has 2 amide bonds. The van der Waals surface area contributed by atoms with Crippen LogP contribution in [0.2, 0.25) is 0 Å². The largest absolute Gasteiger partial charge is 0.372 e. The number of carbonyl (C=O) groups is 2. The van der Waals surface area contributed by atoms with Crippen LogP contribution in [0.15, 0.2) is 24.3 Å². The van der Waals surface area contributed by atoms with Crippen LogP contribution in [0.25, 0.3) is 0 Å². The first-order valence-corrected chi connectivity index (χ1v) is 10.4. The highest BCUT2D eigenvalue weighted by atomic mass is 35.5. The number of nitrogens with one attached hydrogen (secondary N) is 1. The summed E-state index contributed by atoms with van der Waals surface area (Å²) >= 11 is 0. The van der Waals surface area contributed by atoms with Crippen molar-refractivity contribution in [3.63, 3.8) is 0 Å². The Morgan fingerprint density at radius 1 is 1.17 bits per heavy atom. The number of nitrogens with two attached hydrogens (primary N) is 1. The fourth-order valence-electron chi connectivity index (χ4n) is 4.39. The Kier molecular flexibility index (Phi) is 8.09. The Balaban J connectivity index is 0.00000300. The van der Waals surface area contributed by atoms with E-state index in [9.17, 15) is 9.59 Å². The normalized spacial score (nSPS) is 29.7. The first-order valence-electron chi connectivity index (χ1n) is 10.4. The van der Waals surface area contributed by atoms with Crippen molar-refractivity contribution in [2.24, 2.45) is 11.7 Å². The molecule has 2 aliphatic rings. The van der Waals surface area contributed by atoms with E-state index in [1.54, 1.807) is 0 Å². The van der Waals surface area contributed by atoms with Crippen molar-refractivity contribution in [2.75, 3.05) is 13.1 Å². The SMILES string of the molecule is CC1CN(C(=O)c2ccc(CNC(=O)C3CCCCC3(C)N)cc2)CC(C)O1.Cl. The molecule has 0 spiro atoms. The number of morpholine rings is 1. The predicted molar refractivity (Wildman–Crippen MR) is 116 cm³/mol. The topological polar surface area (TPSA) is 84.7 Å². The zero-order chi connectivity index (χ0) is 20.3. The van der Waals surface area contributed by atoms with Gasteiger partial charge in [0.05, 0.1) is 18.1 Å². The lowest BCUT2D eigenvalue weighted by Gasteiger charge is -2.37. The van der Waals surface area contributed by atoms with E-state index in [4.69, 9.17) is 10.5 Å². The molecule has 29 heavy (non-hydrogen) atoms. The minimum Gasteiger partial charge on any atom is -0.372 e. The molecule has 1 aromatic carbocycles. The molecule has 4 atom stereocenters. The van der Waals surface area contributed by atoms with Gasteiger partial charge in [0.25, 0.3) is 5.91 Å². The van der Waals surface area contributed by atoms with Crippen molar-refractivity contribution < 1.29 is 14.3 Å². The van der Waals surface area contributed by atoms with E-state index in [2.05, 4.69) is 5.32 Å². The quantitative estimate of drug-likeness (QED) is 0.779. The molecule has 1 saturated carbocycles. The summed E-state index contributed by atoms with van der Waals surface area (Å²) in [4.78, 5) is 27.1.